The van der Waals surface area contributed by atoms with E-state index in [9.17, 15) is 31.1 Å². The lowest BCUT2D eigenvalue weighted by atomic mass is 9.95. The lowest BCUT2D eigenvalue weighted by Gasteiger charge is -2.30. The number of halogens is 7. The molecule has 1 aliphatic rings. The molecule has 1 aromatic carbocycles. The van der Waals surface area contributed by atoms with E-state index < -0.39 is 40.1 Å². The van der Waals surface area contributed by atoms with Crippen molar-refractivity contribution in [3.05, 3.63) is 57.9 Å². The molecule has 1 aliphatic heterocycles. The van der Waals surface area contributed by atoms with Crippen LogP contribution in [0.1, 0.15) is 27.0 Å². The van der Waals surface area contributed by atoms with Gasteiger partial charge in [0.2, 0.25) is 0 Å². The molecule has 0 saturated heterocycles. The van der Waals surface area contributed by atoms with Crippen LogP contribution in [0.25, 0.3) is 0 Å². The number of carbonyl (C=O) groups excluding carboxylic acids is 1. The average molecular weight is 395 g/mol. The molecule has 0 saturated carbocycles. The van der Waals surface area contributed by atoms with Crippen LogP contribution < -0.4 is 4.90 Å². The highest BCUT2D eigenvalue weighted by molar-refractivity contribution is 6.31. The van der Waals surface area contributed by atoms with Crippen molar-refractivity contribution in [2.75, 3.05) is 11.4 Å². The number of rotatable bonds is 1. The standard InChI is InChI=1S/C16H9ClF6N2O/c17-12-5-8-2-4-25(13-7-24-3-1-10(13)15(18,19)20)14(26)9(8)6-11(12)16(21,22)23/h1,3,5-7H,2,4H2. The number of carbonyl (C=O) groups is 1. The molecule has 3 nitrogen and oxygen atoms in total. The summed E-state index contributed by atoms with van der Waals surface area (Å²) in [7, 11) is 0. The number of pyridine rings is 1. The van der Waals surface area contributed by atoms with Gasteiger partial charge in [0.25, 0.3) is 5.91 Å². The Labute approximate surface area is 148 Å². The second-order valence-corrected chi connectivity index (χ2v) is 5.99. The Bertz CT molecular complexity index is 878. The number of hydrogen-bond acceptors (Lipinski definition) is 2. The summed E-state index contributed by atoms with van der Waals surface area (Å²) >= 11 is 5.63. The van der Waals surface area contributed by atoms with Crippen molar-refractivity contribution in [1.82, 2.24) is 4.98 Å². The molecule has 0 N–H and O–H groups in total. The minimum atomic E-state index is -4.79. The Morgan fingerprint density at radius 3 is 2.31 bits per heavy atom. The summed E-state index contributed by atoms with van der Waals surface area (Å²) in [4.78, 5) is 17.0. The van der Waals surface area contributed by atoms with Gasteiger partial charge in [0, 0.05) is 18.3 Å². The van der Waals surface area contributed by atoms with Gasteiger partial charge in [0.1, 0.15) is 0 Å². The van der Waals surface area contributed by atoms with E-state index in [1.807, 2.05) is 0 Å². The largest absolute Gasteiger partial charge is 0.418 e. The SMILES string of the molecule is O=C1c2cc(C(F)(F)F)c(Cl)cc2CCN1c1cnccc1C(F)(F)F. The fourth-order valence-corrected chi connectivity index (χ4v) is 3.08. The summed E-state index contributed by atoms with van der Waals surface area (Å²) in [5.74, 6) is -0.966. The predicted octanol–water partition coefficient (Wildman–Crippen LogP) is 4.98. The van der Waals surface area contributed by atoms with Gasteiger partial charge in [0.15, 0.2) is 0 Å². The third-order valence-electron chi connectivity index (χ3n) is 3.97. The van der Waals surface area contributed by atoms with Crippen molar-refractivity contribution in [3.63, 3.8) is 0 Å². The van der Waals surface area contributed by atoms with Gasteiger partial charge in [0.05, 0.1) is 28.0 Å². The van der Waals surface area contributed by atoms with Crippen molar-refractivity contribution in [2.45, 2.75) is 18.8 Å². The van der Waals surface area contributed by atoms with Crippen molar-refractivity contribution in [3.8, 4) is 0 Å². The predicted molar refractivity (Wildman–Crippen MR) is 81.1 cm³/mol. The average Bonchev–Trinajstić information content (AvgIpc) is 2.53. The molecular formula is C16H9ClF6N2O. The minimum absolute atomic E-state index is 0.0606. The van der Waals surface area contributed by atoms with Gasteiger partial charge in [-0.1, -0.05) is 11.6 Å². The molecule has 10 heteroatoms. The first-order chi connectivity index (χ1) is 12.0. The number of alkyl halides is 6. The summed E-state index contributed by atoms with van der Waals surface area (Å²) < 4.78 is 78.6. The lowest BCUT2D eigenvalue weighted by Crippen LogP contribution is -2.39. The zero-order chi connectivity index (χ0) is 19.3. The van der Waals surface area contributed by atoms with Crippen LogP contribution in [-0.4, -0.2) is 17.4 Å². The number of fused-ring (bicyclic) bond motifs is 1. The summed E-state index contributed by atoms with van der Waals surface area (Å²) in [5, 5.41) is -0.560. The molecular weight excluding hydrogens is 386 g/mol. The molecule has 2 aromatic rings. The molecule has 0 fully saturated rings. The smallest absolute Gasteiger partial charge is 0.306 e. The van der Waals surface area contributed by atoms with Gasteiger partial charge in [-0.05, 0) is 30.2 Å². The van der Waals surface area contributed by atoms with Crippen LogP contribution in [0.4, 0.5) is 32.0 Å². The summed E-state index contributed by atoms with van der Waals surface area (Å²) in [5.41, 5.74) is -2.88. The molecule has 0 unspecified atom stereocenters. The summed E-state index contributed by atoms with van der Waals surface area (Å²) in [6.45, 7) is -0.137. The zero-order valence-electron chi connectivity index (χ0n) is 12.7. The van der Waals surface area contributed by atoms with Gasteiger partial charge in [-0.25, -0.2) is 0 Å². The van der Waals surface area contributed by atoms with E-state index in [1.165, 1.54) is 0 Å². The van der Waals surface area contributed by atoms with Crippen LogP contribution in [0.3, 0.4) is 0 Å². The Kier molecular flexibility index (Phi) is 4.38. The van der Waals surface area contributed by atoms with Gasteiger partial charge >= 0.3 is 12.4 Å². The number of aromatic nitrogens is 1. The number of benzene rings is 1. The molecule has 2 heterocycles. The van der Waals surface area contributed by atoms with E-state index in [2.05, 4.69) is 4.98 Å². The van der Waals surface area contributed by atoms with E-state index in [4.69, 9.17) is 11.6 Å². The van der Waals surface area contributed by atoms with E-state index in [1.54, 1.807) is 0 Å². The molecule has 0 bridgehead atoms. The lowest BCUT2D eigenvalue weighted by molar-refractivity contribution is -0.138. The fraction of sp³-hybridized carbons (Fsp3) is 0.250. The van der Waals surface area contributed by atoms with Crippen LogP contribution in [0.5, 0.6) is 0 Å². The Morgan fingerprint density at radius 2 is 1.69 bits per heavy atom. The molecule has 1 aromatic heterocycles. The van der Waals surface area contributed by atoms with E-state index in [0.717, 1.165) is 23.4 Å². The third-order valence-corrected chi connectivity index (χ3v) is 4.29. The molecule has 0 atom stereocenters. The molecule has 3 rings (SSSR count). The Morgan fingerprint density at radius 1 is 1.04 bits per heavy atom. The highest BCUT2D eigenvalue weighted by atomic mass is 35.5. The molecule has 138 valence electrons. The molecule has 0 aliphatic carbocycles. The number of nitrogens with zero attached hydrogens (tertiary/aromatic N) is 2. The third kappa shape index (κ3) is 3.23. The molecule has 0 spiro atoms. The Balaban J connectivity index is 2.09. The second kappa shape index (κ2) is 6.15. The van der Waals surface area contributed by atoms with E-state index >= 15 is 0 Å². The number of amides is 1. The van der Waals surface area contributed by atoms with Crippen LogP contribution >= 0.6 is 11.6 Å². The fourth-order valence-electron chi connectivity index (χ4n) is 2.79. The molecule has 26 heavy (non-hydrogen) atoms. The van der Waals surface area contributed by atoms with Crippen molar-refractivity contribution < 1.29 is 31.1 Å². The van der Waals surface area contributed by atoms with Crippen LogP contribution in [0, 0.1) is 0 Å². The second-order valence-electron chi connectivity index (χ2n) is 5.58. The van der Waals surface area contributed by atoms with Crippen LogP contribution in [0.15, 0.2) is 30.6 Å². The maximum atomic E-state index is 13.2. The van der Waals surface area contributed by atoms with Crippen molar-refractivity contribution in [2.24, 2.45) is 0 Å². The number of anilines is 1. The van der Waals surface area contributed by atoms with Gasteiger partial charge in [-0.2, -0.15) is 26.3 Å². The topological polar surface area (TPSA) is 33.2 Å². The first-order valence-corrected chi connectivity index (χ1v) is 7.60. The zero-order valence-corrected chi connectivity index (χ0v) is 13.5. The maximum absolute atomic E-state index is 13.2. The quantitative estimate of drug-likeness (QED) is 0.639. The molecule has 0 radical (unpaired) electrons. The Hall–Kier alpha value is -2.29. The van der Waals surface area contributed by atoms with E-state index in [-0.39, 0.29) is 24.1 Å². The van der Waals surface area contributed by atoms with Gasteiger partial charge < -0.3 is 4.90 Å². The van der Waals surface area contributed by atoms with Gasteiger partial charge in [-0.3, -0.25) is 9.78 Å². The summed E-state index contributed by atoms with van der Waals surface area (Å²) in [6.07, 6.45) is -7.68. The first kappa shape index (κ1) is 18.5. The van der Waals surface area contributed by atoms with Gasteiger partial charge in [-0.15, -0.1) is 0 Å². The molecule has 1 amide bonds. The van der Waals surface area contributed by atoms with Crippen LogP contribution in [-0.2, 0) is 18.8 Å². The van der Waals surface area contributed by atoms with Crippen molar-refractivity contribution in [1.29, 1.82) is 0 Å². The summed E-state index contributed by atoms with van der Waals surface area (Å²) in [6, 6.07) is 2.32. The monoisotopic (exact) mass is 394 g/mol. The highest BCUT2D eigenvalue weighted by Crippen LogP contribution is 2.40. The van der Waals surface area contributed by atoms with Crippen molar-refractivity contribution >= 4 is 23.2 Å². The van der Waals surface area contributed by atoms with E-state index in [0.29, 0.717) is 12.1 Å². The minimum Gasteiger partial charge on any atom is -0.306 e. The van der Waals surface area contributed by atoms with Crippen LogP contribution in [0.2, 0.25) is 5.02 Å². The maximum Gasteiger partial charge on any atom is 0.418 e. The number of hydrogen-bond donors (Lipinski definition) is 0. The first-order valence-electron chi connectivity index (χ1n) is 7.23. The normalized spacial score (nSPS) is 15.2. The highest BCUT2D eigenvalue weighted by Gasteiger charge is 2.39.